The van der Waals surface area contributed by atoms with Crippen LogP contribution in [-0.4, -0.2) is 102 Å². The van der Waals surface area contributed by atoms with Crippen molar-refractivity contribution in [2.45, 2.75) is 25.9 Å². The van der Waals surface area contributed by atoms with Gasteiger partial charge in [-0.3, -0.25) is 9.80 Å². The first-order chi connectivity index (χ1) is 27.3. The Morgan fingerprint density at radius 3 is 2.12 bits per heavy atom. The minimum Gasteiger partial charge on any atom is -0.354 e. The molecule has 0 saturated carbocycles. The number of aromatic nitrogens is 8. The molecule has 2 atom stereocenters. The van der Waals surface area contributed by atoms with Gasteiger partial charge in [0.25, 0.3) is 0 Å². The largest absolute Gasteiger partial charge is 0.354 e. The summed E-state index contributed by atoms with van der Waals surface area (Å²) >= 11 is 12.1. The van der Waals surface area contributed by atoms with E-state index in [1.807, 2.05) is 60.8 Å². The van der Waals surface area contributed by atoms with Crippen LogP contribution in [0.4, 0.5) is 11.6 Å². The Kier molecular flexibility index (Phi) is 12.1. The van der Waals surface area contributed by atoms with E-state index in [-0.39, 0.29) is 12.1 Å². The zero-order chi connectivity index (χ0) is 39.0. The molecule has 6 aromatic rings. The number of nitriles is 2. The Bertz CT molecular complexity index is 2320. The van der Waals surface area contributed by atoms with Gasteiger partial charge in [0, 0.05) is 86.6 Å². The summed E-state index contributed by atoms with van der Waals surface area (Å²) in [6.07, 6.45) is 6.72. The van der Waals surface area contributed by atoms with E-state index in [2.05, 4.69) is 81.0 Å². The van der Waals surface area contributed by atoms with Crippen molar-refractivity contribution >= 4 is 34.8 Å². The number of piperazine rings is 2. The maximum absolute atomic E-state index is 9.24. The Morgan fingerprint density at radius 2 is 1.45 bits per heavy atom. The van der Waals surface area contributed by atoms with Gasteiger partial charge in [0.2, 0.25) is 11.7 Å². The maximum atomic E-state index is 9.24. The van der Waals surface area contributed by atoms with Crippen molar-refractivity contribution in [3.63, 3.8) is 0 Å². The quantitative estimate of drug-likeness (QED) is 0.176. The number of halogens is 2. The highest BCUT2D eigenvalue weighted by molar-refractivity contribution is 6.31. The van der Waals surface area contributed by atoms with Crippen LogP contribution in [0.5, 0.6) is 0 Å². The molecule has 56 heavy (non-hydrogen) atoms. The molecule has 2 aliphatic heterocycles. The number of nitrogens with zero attached hydrogens (tertiary/aromatic N) is 14. The molecule has 6 heterocycles. The molecule has 2 aromatic carbocycles. The second-order valence-electron chi connectivity index (χ2n) is 13.3. The minimum absolute atomic E-state index is 0.0245. The highest BCUT2D eigenvalue weighted by Gasteiger charge is 2.28. The summed E-state index contributed by atoms with van der Waals surface area (Å²) < 4.78 is 7.25. The highest BCUT2D eigenvalue weighted by atomic mass is 35.5. The van der Waals surface area contributed by atoms with Crippen molar-refractivity contribution < 1.29 is 4.52 Å². The molecule has 0 amide bonds. The fraction of sp³-hybridized carbons (Fsp3) is 0.308. The van der Waals surface area contributed by atoms with Gasteiger partial charge in [-0.2, -0.15) is 15.5 Å². The number of benzene rings is 2. The summed E-state index contributed by atoms with van der Waals surface area (Å²) in [6, 6.07) is 23.0. The van der Waals surface area contributed by atoms with Crippen LogP contribution < -0.4 is 9.80 Å². The number of rotatable bonds is 8. The number of hydrogen-bond acceptors (Lipinski definition) is 14. The smallest absolute Gasteiger partial charge is 0.244 e. The SMILES string of the molecule is CC(c1cn(-c2cccc(Cl)c2)nn1)N1CCN(c2nccnc2C#N)CC1.CC(c1nc(-c2cccc(Cl)c2)no1)N1CCN(c2ccc(C#N)cn2)CC1. The average Bonchev–Trinajstić information content (AvgIpc) is 3.96. The van der Waals surface area contributed by atoms with E-state index in [4.69, 9.17) is 33.0 Å². The van der Waals surface area contributed by atoms with Crippen LogP contribution >= 0.6 is 23.2 Å². The van der Waals surface area contributed by atoms with Crippen molar-refractivity contribution in [3.8, 4) is 29.2 Å². The van der Waals surface area contributed by atoms with E-state index in [1.54, 1.807) is 29.3 Å². The Balaban J connectivity index is 0.000000172. The first kappa shape index (κ1) is 38.3. The van der Waals surface area contributed by atoms with Gasteiger partial charge in [0.05, 0.1) is 35.2 Å². The van der Waals surface area contributed by atoms with Gasteiger partial charge in [0.15, 0.2) is 11.5 Å². The number of pyridine rings is 1. The highest BCUT2D eigenvalue weighted by Crippen LogP contribution is 2.27. The molecule has 8 rings (SSSR count). The van der Waals surface area contributed by atoms with Crippen molar-refractivity contribution in [1.82, 2.24) is 49.9 Å². The molecular formula is C39H38Cl2N14O. The molecule has 0 radical (unpaired) electrons. The monoisotopic (exact) mass is 788 g/mol. The lowest BCUT2D eigenvalue weighted by atomic mass is 10.2. The van der Waals surface area contributed by atoms with Crippen LogP contribution in [0.2, 0.25) is 10.0 Å². The lowest BCUT2D eigenvalue weighted by Crippen LogP contribution is -2.47. The second kappa shape index (κ2) is 17.7. The molecule has 0 bridgehead atoms. The van der Waals surface area contributed by atoms with Crippen LogP contribution in [0.1, 0.15) is 48.8 Å². The second-order valence-corrected chi connectivity index (χ2v) is 14.2. The van der Waals surface area contributed by atoms with E-state index in [1.165, 1.54) is 0 Å². The topological polar surface area (TPSA) is 169 Å². The Hall–Kier alpha value is -5.97. The molecule has 17 heteroatoms. The normalized spacial score (nSPS) is 16.0. The molecule has 0 N–H and O–H groups in total. The summed E-state index contributed by atoms with van der Waals surface area (Å²) in [5.74, 6) is 2.70. The van der Waals surface area contributed by atoms with Gasteiger partial charge in [0.1, 0.15) is 18.0 Å². The van der Waals surface area contributed by atoms with Crippen LogP contribution in [0.25, 0.3) is 17.1 Å². The lowest BCUT2D eigenvalue weighted by Gasteiger charge is -2.37. The Morgan fingerprint density at radius 1 is 0.750 bits per heavy atom. The number of hydrogen-bond donors (Lipinski definition) is 0. The average molecular weight is 790 g/mol. The predicted octanol–water partition coefficient (Wildman–Crippen LogP) is 6.01. The van der Waals surface area contributed by atoms with Crippen LogP contribution in [0.15, 0.2) is 90.0 Å². The van der Waals surface area contributed by atoms with Gasteiger partial charge in [-0.05, 0) is 56.3 Å². The third-order valence-electron chi connectivity index (χ3n) is 9.90. The van der Waals surface area contributed by atoms with Crippen molar-refractivity contribution in [1.29, 1.82) is 10.5 Å². The lowest BCUT2D eigenvalue weighted by molar-refractivity contribution is 0.164. The molecule has 15 nitrogen and oxygen atoms in total. The first-order valence-electron chi connectivity index (χ1n) is 18.1. The predicted molar refractivity (Wildman–Crippen MR) is 211 cm³/mol. The molecule has 2 unspecified atom stereocenters. The van der Waals surface area contributed by atoms with Crippen LogP contribution in [0, 0.1) is 22.7 Å². The molecule has 2 fully saturated rings. The van der Waals surface area contributed by atoms with Crippen molar-refractivity contribution in [2.24, 2.45) is 0 Å². The summed E-state index contributed by atoms with van der Waals surface area (Å²) in [5, 5.41) is 32.1. The van der Waals surface area contributed by atoms with Gasteiger partial charge in [-0.25, -0.2) is 19.6 Å². The summed E-state index contributed by atoms with van der Waals surface area (Å²) in [5.41, 5.74) is 3.57. The fourth-order valence-corrected chi connectivity index (χ4v) is 7.02. The first-order valence-corrected chi connectivity index (χ1v) is 18.9. The van der Waals surface area contributed by atoms with Crippen LogP contribution in [0.3, 0.4) is 0 Å². The van der Waals surface area contributed by atoms with E-state index in [0.29, 0.717) is 38.8 Å². The van der Waals surface area contributed by atoms with Crippen LogP contribution in [-0.2, 0) is 0 Å². The van der Waals surface area contributed by atoms with Gasteiger partial charge in [-0.1, -0.05) is 51.8 Å². The summed E-state index contributed by atoms with van der Waals surface area (Å²) in [4.78, 5) is 26.4. The van der Waals surface area contributed by atoms with Crippen molar-refractivity contribution in [3.05, 3.63) is 118 Å². The molecule has 0 spiro atoms. The molecular weight excluding hydrogens is 751 g/mol. The fourth-order valence-electron chi connectivity index (χ4n) is 6.65. The molecule has 284 valence electrons. The zero-order valence-corrected chi connectivity index (χ0v) is 32.3. The maximum Gasteiger partial charge on any atom is 0.244 e. The Labute approximate surface area is 334 Å². The third kappa shape index (κ3) is 8.94. The van der Waals surface area contributed by atoms with E-state index in [0.717, 1.165) is 75.1 Å². The molecule has 2 aliphatic rings. The van der Waals surface area contributed by atoms with Gasteiger partial charge < -0.3 is 14.3 Å². The zero-order valence-electron chi connectivity index (χ0n) is 30.8. The number of anilines is 2. The molecule has 0 aliphatic carbocycles. The van der Waals surface area contributed by atoms with Gasteiger partial charge in [-0.15, -0.1) is 5.10 Å². The summed E-state index contributed by atoms with van der Waals surface area (Å²) in [6.45, 7) is 10.8. The minimum atomic E-state index is 0.0245. The van der Waals surface area contributed by atoms with Crippen molar-refractivity contribution in [2.75, 3.05) is 62.2 Å². The van der Waals surface area contributed by atoms with E-state index < -0.39 is 0 Å². The summed E-state index contributed by atoms with van der Waals surface area (Å²) in [7, 11) is 0. The van der Waals surface area contributed by atoms with E-state index >= 15 is 0 Å². The van der Waals surface area contributed by atoms with Gasteiger partial charge >= 0.3 is 0 Å². The van der Waals surface area contributed by atoms with E-state index in [9.17, 15) is 5.26 Å². The molecule has 2 saturated heterocycles. The molecule has 4 aromatic heterocycles. The standard InChI is InChI=1S/C20H19ClN6O.C19H19ClN8/c1-14(20-24-19(25-28-20)16-3-2-4-17(21)11-16)26-7-9-27(10-8-26)18-6-5-15(12-22)13-23-18;1-14(18-13-28(25-24-18)16-4-2-3-15(20)11-16)26-7-9-27(10-8-26)19-17(12-21)22-5-6-23-19/h2*2-6,11,13-14H,7-10H2,1H3. The third-order valence-corrected chi connectivity index (χ3v) is 10.4.